The molecule has 5 heteroatoms. The first-order valence-electron chi connectivity index (χ1n) is 8.69. The van der Waals surface area contributed by atoms with Gasteiger partial charge in [-0.05, 0) is 41.7 Å². The summed E-state index contributed by atoms with van der Waals surface area (Å²) in [5.74, 6) is 2.62. The molecule has 130 valence electrons. The van der Waals surface area contributed by atoms with Gasteiger partial charge in [-0.25, -0.2) is 0 Å². The largest absolute Gasteiger partial charge is 0.489 e. The molecule has 1 saturated carbocycles. The van der Waals surface area contributed by atoms with Gasteiger partial charge in [0.05, 0.1) is 0 Å². The number of benzene rings is 2. The lowest BCUT2D eigenvalue weighted by Crippen LogP contribution is -2.35. The van der Waals surface area contributed by atoms with Crippen molar-refractivity contribution in [2.45, 2.75) is 12.6 Å². The highest BCUT2D eigenvalue weighted by molar-refractivity contribution is 5.78. The molecule has 1 saturated heterocycles. The van der Waals surface area contributed by atoms with Crippen LogP contribution in [0.1, 0.15) is 5.56 Å². The van der Waals surface area contributed by atoms with Crippen LogP contribution in [0.5, 0.6) is 11.5 Å². The number of ether oxygens (including phenoxy) is 2. The highest BCUT2D eigenvalue weighted by Crippen LogP contribution is 2.41. The second-order valence-electron chi connectivity index (χ2n) is 6.61. The molecule has 1 unspecified atom stereocenters. The van der Waals surface area contributed by atoms with Crippen LogP contribution in [0.25, 0.3) is 0 Å². The van der Waals surface area contributed by atoms with E-state index >= 15 is 0 Å². The molecule has 25 heavy (non-hydrogen) atoms. The molecule has 0 bridgehead atoms. The Labute approximate surface area is 147 Å². The van der Waals surface area contributed by atoms with E-state index in [2.05, 4.69) is 10.6 Å². The second-order valence-corrected chi connectivity index (χ2v) is 6.61. The molecular weight excluding hydrogens is 316 g/mol. The van der Waals surface area contributed by atoms with Gasteiger partial charge in [-0.3, -0.25) is 4.79 Å². The number of carbonyl (C=O) groups excluding carboxylic acids is 1. The average molecular weight is 338 g/mol. The Balaban J connectivity index is 1.20. The van der Waals surface area contributed by atoms with E-state index in [1.54, 1.807) is 0 Å². The third-order valence-corrected chi connectivity index (χ3v) is 4.86. The Kier molecular flexibility index (Phi) is 4.57. The van der Waals surface area contributed by atoms with Gasteiger partial charge in [0.25, 0.3) is 5.91 Å². The van der Waals surface area contributed by atoms with Gasteiger partial charge in [-0.15, -0.1) is 0 Å². The standard InChI is InChI=1S/C20H22N2O3/c23-19(22-20-17-10-21-11-18(17)20)13-25-16-8-6-15(7-9-16)24-12-14-4-2-1-3-5-14/h1-9,17-18,20-21H,10-13H2,(H,22,23)/t17-,18+,20?. The van der Waals surface area contributed by atoms with Crippen molar-refractivity contribution in [3.05, 3.63) is 60.2 Å². The summed E-state index contributed by atoms with van der Waals surface area (Å²) in [5, 5.41) is 6.36. The van der Waals surface area contributed by atoms with Gasteiger partial charge in [0, 0.05) is 19.1 Å². The Bertz CT molecular complexity index is 707. The van der Waals surface area contributed by atoms with E-state index in [1.165, 1.54) is 0 Å². The molecule has 5 nitrogen and oxygen atoms in total. The molecule has 2 aromatic carbocycles. The van der Waals surface area contributed by atoms with Crippen molar-refractivity contribution in [3.8, 4) is 11.5 Å². The van der Waals surface area contributed by atoms with Gasteiger partial charge in [-0.1, -0.05) is 30.3 Å². The van der Waals surface area contributed by atoms with Crippen molar-refractivity contribution in [2.75, 3.05) is 19.7 Å². The second kappa shape index (κ2) is 7.15. The van der Waals surface area contributed by atoms with Crippen LogP contribution in [0.4, 0.5) is 0 Å². The first-order chi connectivity index (χ1) is 12.3. The molecule has 0 radical (unpaired) electrons. The molecule has 1 aliphatic heterocycles. The van der Waals surface area contributed by atoms with Gasteiger partial charge < -0.3 is 20.1 Å². The van der Waals surface area contributed by atoms with Crippen molar-refractivity contribution in [2.24, 2.45) is 11.8 Å². The maximum Gasteiger partial charge on any atom is 0.258 e. The van der Waals surface area contributed by atoms with E-state index in [1.807, 2.05) is 54.6 Å². The van der Waals surface area contributed by atoms with Crippen molar-refractivity contribution < 1.29 is 14.3 Å². The maximum absolute atomic E-state index is 11.9. The minimum atomic E-state index is -0.0520. The van der Waals surface area contributed by atoms with Crippen LogP contribution in [0, 0.1) is 11.8 Å². The first-order valence-corrected chi connectivity index (χ1v) is 8.69. The summed E-state index contributed by atoms with van der Waals surface area (Å²) >= 11 is 0. The molecule has 2 aliphatic rings. The van der Waals surface area contributed by atoms with Crippen LogP contribution in [-0.2, 0) is 11.4 Å². The fraction of sp³-hybridized carbons (Fsp3) is 0.350. The minimum absolute atomic E-state index is 0.0492. The summed E-state index contributed by atoms with van der Waals surface area (Å²) in [6.07, 6.45) is 0. The molecule has 2 fully saturated rings. The van der Waals surface area contributed by atoms with Crippen molar-refractivity contribution >= 4 is 5.91 Å². The monoisotopic (exact) mass is 338 g/mol. The van der Waals surface area contributed by atoms with Crippen LogP contribution in [0.15, 0.2) is 54.6 Å². The lowest BCUT2D eigenvalue weighted by Gasteiger charge is -2.10. The van der Waals surface area contributed by atoms with Crippen LogP contribution >= 0.6 is 0 Å². The molecule has 0 spiro atoms. The molecule has 3 atom stereocenters. The highest BCUT2D eigenvalue weighted by Gasteiger charge is 2.53. The number of piperidine rings is 1. The smallest absolute Gasteiger partial charge is 0.258 e. The number of carbonyl (C=O) groups is 1. The fourth-order valence-corrected chi connectivity index (χ4v) is 3.38. The number of hydrogen-bond acceptors (Lipinski definition) is 4. The average Bonchev–Trinajstić information content (AvgIpc) is 3.06. The molecule has 1 amide bonds. The maximum atomic E-state index is 11.9. The van der Waals surface area contributed by atoms with Crippen LogP contribution in [-0.4, -0.2) is 31.6 Å². The topological polar surface area (TPSA) is 59.6 Å². The zero-order valence-corrected chi connectivity index (χ0v) is 14.0. The number of hydrogen-bond donors (Lipinski definition) is 2. The molecule has 1 heterocycles. The van der Waals surface area contributed by atoms with E-state index in [0.717, 1.165) is 24.4 Å². The summed E-state index contributed by atoms with van der Waals surface area (Å²) in [4.78, 5) is 11.9. The normalized spacial score (nSPS) is 23.6. The first kappa shape index (κ1) is 16.0. The third kappa shape index (κ3) is 3.94. The summed E-state index contributed by atoms with van der Waals surface area (Å²) in [6, 6.07) is 17.7. The van der Waals surface area contributed by atoms with Crippen LogP contribution in [0.3, 0.4) is 0 Å². The highest BCUT2D eigenvalue weighted by atomic mass is 16.5. The molecule has 0 aromatic heterocycles. The van der Waals surface area contributed by atoms with E-state index < -0.39 is 0 Å². The van der Waals surface area contributed by atoms with E-state index in [4.69, 9.17) is 9.47 Å². The van der Waals surface area contributed by atoms with Gasteiger partial charge in [0.15, 0.2) is 6.61 Å². The zero-order chi connectivity index (χ0) is 17.1. The van der Waals surface area contributed by atoms with E-state index in [9.17, 15) is 4.79 Å². The van der Waals surface area contributed by atoms with Gasteiger partial charge in [0.1, 0.15) is 18.1 Å². The van der Waals surface area contributed by atoms with Crippen molar-refractivity contribution in [3.63, 3.8) is 0 Å². The molecule has 2 aromatic rings. The summed E-state index contributed by atoms with van der Waals surface area (Å²) in [6.45, 7) is 2.61. The molecule has 1 aliphatic carbocycles. The zero-order valence-electron chi connectivity index (χ0n) is 14.0. The van der Waals surface area contributed by atoms with Crippen LogP contribution in [0.2, 0.25) is 0 Å². The van der Waals surface area contributed by atoms with Crippen molar-refractivity contribution in [1.29, 1.82) is 0 Å². The SMILES string of the molecule is O=C(COc1ccc(OCc2ccccc2)cc1)NC1[C@H]2CNC[C@@H]12. The lowest BCUT2D eigenvalue weighted by molar-refractivity contribution is -0.123. The Hall–Kier alpha value is -2.53. The minimum Gasteiger partial charge on any atom is -0.489 e. The predicted octanol–water partition coefficient (Wildman–Crippen LogP) is 1.98. The van der Waals surface area contributed by atoms with Gasteiger partial charge >= 0.3 is 0 Å². The Morgan fingerprint density at radius 3 is 2.28 bits per heavy atom. The summed E-state index contributed by atoms with van der Waals surface area (Å²) in [5.41, 5.74) is 1.12. The number of rotatable bonds is 7. The predicted molar refractivity (Wildman–Crippen MR) is 94.5 cm³/mol. The van der Waals surface area contributed by atoms with E-state index in [0.29, 0.717) is 30.2 Å². The van der Waals surface area contributed by atoms with Gasteiger partial charge in [-0.2, -0.15) is 0 Å². The quantitative estimate of drug-likeness (QED) is 0.810. The number of amides is 1. The number of fused-ring (bicyclic) bond motifs is 1. The summed E-state index contributed by atoms with van der Waals surface area (Å²) < 4.78 is 11.3. The molecule has 4 rings (SSSR count). The number of nitrogens with one attached hydrogen (secondary N) is 2. The van der Waals surface area contributed by atoms with Crippen molar-refractivity contribution in [1.82, 2.24) is 10.6 Å². The fourth-order valence-electron chi connectivity index (χ4n) is 3.38. The molecular formula is C20H22N2O3. The summed E-state index contributed by atoms with van der Waals surface area (Å²) in [7, 11) is 0. The third-order valence-electron chi connectivity index (χ3n) is 4.86. The lowest BCUT2D eigenvalue weighted by atomic mass is 10.2. The Morgan fingerprint density at radius 2 is 1.60 bits per heavy atom. The van der Waals surface area contributed by atoms with Gasteiger partial charge in [0.2, 0.25) is 0 Å². The van der Waals surface area contributed by atoms with Crippen LogP contribution < -0.4 is 20.1 Å². The van der Waals surface area contributed by atoms with E-state index in [-0.39, 0.29) is 12.5 Å². The Morgan fingerprint density at radius 1 is 0.960 bits per heavy atom. The molecule has 2 N–H and O–H groups in total.